The number of aliphatic carboxylic acids is 1. The standard InChI is InChI=1S/C13H16BrNO2/c1-15-6-5-10(8-15)12(13(16)17)9-3-2-4-11(14)7-9/h2-4,7,10,12H,5-6,8H2,1H3,(H,16,17). The summed E-state index contributed by atoms with van der Waals surface area (Å²) >= 11 is 3.40. The van der Waals surface area contributed by atoms with Gasteiger partial charge in [-0.05, 0) is 43.6 Å². The Morgan fingerprint density at radius 1 is 1.59 bits per heavy atom. The summed E-state index contributed by atoms with van der Waals surface area (Å²) in [5.74, 6) is -0.896. The van der Waals surface area contributed by atoms with Crippen LogP contribution in [0.25, 0.3) is 0 Å². The van der Waals surface area contributed by atoms with Crippen LogP contribution in [0.3, 0.4) is 0 Å². The quantitative estimate of drug-likeness (QED) is 0.932. The molecular weight excluding hydrogens is 282 g/mol. The Morgan fingerprint density at radius 2 is 2.35 bits per heavy atom. The molecule has 4 heteroatoms. The highest BCUT2D eigenvalue weighted by Gasteiger charge is 2.33. The first-order chi connectivity index (χ1) is 8.08. The predicted octanol–water partition coefficient (Wildman–Crippen LogP) is 2.57. The lowest BCUT2D eigenvalue weighted by Crippen LogP contribution is -2.24. The van der Waals surface area contributed by atoms with Crippen LogP contribution in [0.15, 0.2) is 28.7 Å². The Morgan fingerprint density at radius 3 is 2.88 bits per heavy atom. The molecular formula is C13H16BrNO2. The third-order valence-electron chi connectivity index (χ3n) is 3.37. The maximum atomic E-state index is 11.5. The fourth-order valence-corrected chi connectivity index (χ4v) is 2.97. The van der Waals surface area contributed by atoms with Gasteiger partial charge in [-0.2, -0.15) is 0 Å². The number of carbonyl (C=O) groups is 1. The molecule has 2 unspecified atom stereocenters. The zero-order valence-electron chi connectivity index (χ0n) is 9.77. The molecule has 0 spiro atoms. The molecule has 1 aliphatic heterocycles. The Bertz CT molecular complexity index is 422. The summed E-state index contributed by atoms with van der Waals surface area (Å²) < 4.78 is 0.938. The molecule has 1 heterocycles. The van der Waals surface area contributed by atoms with Crippen LogP contribution in [-0.4, -0.2) is 36.1 Å². The van der Waals surface area contributed by atoms with E-state index < -0.39 is 11.9 Å². The molecule has 1 saturated heterocycles. The molecule has 3 nitrogen and oxygen atoms in total. The van der Waals surface area contributed by atoms with Crippen molar-refractivity contribution in [3.8, 4) is 0 Å². The largest absolute Gasteiger partial charge is 0.481 e. The van der Waals surface area contributed by atoms with Gasteiger partial charge in [0.2, 0.25) is 0 Å². The van der Waals surface area contributed by atoms with Crippen molar-refractivity contribution < 1.29 is 9.90 Å². The van der Waals surface area contributed by atoms with Crippen LogP contribution in [0.2, 0.25) is 0 Å². The third kappa shape index (κ3) is 2.87. The summed E-state index contributed by atoms with van der Waals surface area (Å²) in [5, 5.41) is 9.43. The van der Waals surface area contributed by atoms with Crippen molar-refractivity contribution in [2.45, 2.75) is 12.3 Å². The summed E-state index contributed by atoms with van der Waals surface area (Å²) in [6.07, 6.45) is 0.958. The van der Waals surface area contributed by atoms with Gasteiger partial charge in [-0.3, -0.25) is 4.79 Å². The number of nitrogens with zero attached hydrogens (tertiary/aromatic N) is 1. The Kier molecular flexibility index (Phi) is 3.84. The zero-order chi connectivity index (χ0) is 12.4. The van der Waals surface area contributed by atoms with Gasteiger partial charge in [0.1, 0.15) is 0 Å². The van der Waals surface area contributed by atoms with E-state index in [0.717, 1.165) is 29.5 Å². The Balaban J connectivity index is 2.26. The van der Waals surface area contributed by atoms with E-state index in [9.17, 15) is 9.90 Å². The van der Waals surface area contributed by atoms with Crippen LogP contribution in [0, 0.1) is 5.92 Å². The highest BCUT2D eigenvalue weighted by molar-refractivity contribution is 9.10. The van der Waals surface area contributed by atoms with Gasteiger partial charge in [0.15, 0.2) is 0 Å². The van der Waals surface area contributed by atoms with Gasteiger partial charge in [-0.25, -0.2) is 0 Å². The second-order valence-corrected chi connectivity index (χ2v) is 5.60. The number of rotatable bonds is 3. The van der Waals surface area contributed by atoms with Crippen LogP contribution in [-0.2, 0) is 4.79 Å². The maximum Gasteiger partial charge on any atom is 0.311 e. The van der Waals surface area contributed by atoms with Crippen molar-refractivity contribution >= 4 is 21.9 Å². The predicted molar refractivity (Wildman–Crippen MR) is 70.1 cm³/mol. The number of likely N-dealkylation sites (tertiary alicyclic amines) is 1. The van der Waals surface area contributed by atoms with Gasteiger partial charge in [0.25, 0.3) is 0 Å². The smallest absolute Gasteiger partial charge is 0.311 e. The lowest BCUT2D eigenvalue weighted by Gasteiger charge is -2.20. The molecule has 0 aliphatic carbocycles. The van der Waals surface area contributed by atoms with Crippen LogP contribution < -0.4 is 0 Å². The summed E-state index contributed by atoms with van der Waals surface area (Å²) in [6, 6.07) is 7.64. The fraction of sp³-hybridized carbons (Fsp3) is 0.462. The average molecular weight is 298 g/mol. The Labute approximate surface area is 110 Å². The molecule has 1 aromatic carbocycles. The first kappa shape index (κ1) is 12.6. The van der Waals surface area contributed by atoms with Gasteiger partial charge < -0.3 is 10.0 Å². The van der Waals surface area contributed by atoms with E-state index in [1.165, 1.54) is 0 Å². The molecule has 0 bridgehead atoms. The number of hydrogen-bond acceptors (Lipinski definition) is 2. The molecule has 0 amide bonds. The number of carboxylic acids is 1. The van der Waals surface area contributed by atoms with Gasteiger partial charge in [0.05, 0.1) is 5.92 Å². The molecule has 1 aromatic rings. The van der Waals surface area contributed by atoms with Crippen molar-refractivity contribution in [2.75, 3.05) is 20.1 Å². The molecule has 2 rings (SSSR count). The van der Waals surface area contributed by atoms with Gasteiger partial charge >= 0.3 is 5.97 Å². The van der Waals surface area contributed by atoms with Crippen molar-refractivity contribution in [3.05, 3.63) is 34.3 Å². The van der Waals surface area contributed by atoms with E-state index in [1.54, 1.807) is 0 Å². The Hall–Kier alpha value is -0.870. The minimum Gasteiger partial charge on any atom is -0.481 e. The summed E-state index contributed by atoms with van der Waals surface area (Å²) in [7, 11) is 2.04. The van der Waals surface area contributed by atoms with Crippen molar-refractivity contribution in [3.63, 3.8) is 0 Å². The molecule has 1 aliphatic rings. The van der Waals surface area contributed by atoms with E-state index in [0.29, 0.717) is 0 Å². The van der Waals surface area contributed by atoms with E-state index in [-0.39, 0.29) is 5.92 Å². The summed E-state index contributed by atoms with van der Waals surface area (Å²) in [4.78, 5) is 13.7. The second kappa shape index (κ2) is 5.19. The van der Waals surface area contributed by atoms with E-state index in [4.69, 9.17) is 0 Å². The highest BCUT2D eigenvalue weighted by Crippen LogP contribution is 2.32. The molecule has 92 valence electrons. The monoisotopic (exact) mass is 297 g/mol. The van der Waals surface area contributed by atoms with Gasteiger partial charge in [0, 0.05) is 11.0 Å². The van der Waals surface area contributed by atoms with Crippen LogP contribution in [0.5, 0.6) is 0 Å². The molecule has 1 N–H and O–H groups in total. The van der Waals surface area contributed by atoms with Gasteiger partial charge in [-0.1, -0.05) is 28.1 Å². The molecule has 2 atom stereocenters. The number of benzene rings is 1. The van der Waals surface area contributed by atoms with Crippen LogP contribution in [0.4, 0.5) is 0 Å². The molecule has 1 fully saturated rings. The minimum absolute atomic E-state index is 0.215. The second-order valence-electron chi connectivity index (χ2n) is 4.68. The average Bonchev–Trinajstić information content (AvgIpc) is 2.64. The lowest BCUT2D eigenvalue weighted by molar-refractivity contribution is -0.140. The molecule has 0 aromatic heterocycles. The lowest BCUT2D eigenvalue weighted by atomic mass is 9.85. The zero-order valence-corrected chi connectivity index (χ0v) is 11.4. The summed E-state index contributed by atoms with van der Waals surface area (Å²) in [6.45, 7) is 1.85. The molecule has 0 radical (unpaired) electrons. The van der Waals surface area contributed by atoms with E-state index in [2.05, 4.69) is 20.8 Å². The van der Waals surface area contributed by atoms with Crippen molar-refractivity contribution in [1.82, 2.24) is 4.90 Å². The highest BCUT2D eigenvalue weighted by atomic mass is 79.9. The number of hydrogen-bond donors (Lipinski definition) is 1. The van der Waals surface area contributed by atoms with Crippen LogP contribution in [0.1, 0.15) is 17.9 Å². The van der Waals surface area contributed by atoms with E-state index >= 15 is 0 Å². The summed E-state index contributed by atoms with van der Waals surface area (Å²) in [5.41, 5.74) is 0.896. The fourth-order valence-electron chi connectivity index (χ4n) is 2.56. The van der Waals surface area contributed by atoms with Crippen molar-refractivity contribution in [1.29, 1.82) is 0 Å². The molecule has 0 saturated carbocycles. The first-order valence-corrected chi connectivity index (χ1v) is 6.54. The number of halogens is 1. The third-order valence-corrected chi connectivity index (χ3v) is 3.87. The van der Waals surface area contributed by atoms with Crippen molar-refractivity contribution in [2.24, 2.45) is 5.92 Å². The first-order valence-electron chi connectivity index (χ1n) is 5.74. The minimum atomic E-state index is -0.719. The normalized spacial score (nSPS) is 22.6. The maximum absolute atomic E-state index is 11.5. The molecule has 17 heavy (non-hydrogen) atoms. The van der Waals surface area contributed by atoms with Crippen LogP contribution >= 0.6 is 15.9 Å². The SMILES string of the molecule is CN1CCC(C(C(=O)O)c2cccc(Br)c2)C1. The van der Waals surface area contributed by atoms with Gasteiger partial charge in [-0.15, -0.1) is 0 Å². The number of carboxylic acid groups (broad SMARTS) is 1. The van der Waals surface area contributed by atoms with E-state index in [1.807, 2.05) is 31.3 Å². The topological polar surface area (TPSA) is 40.5 Å².